The molecule has 0 fully saturated rings. The fourth-order valence-corrected chi connectivity index (χ4v) is 4.11. The van der Waals surface area contributed by atoms with Crippen LogP contribution in [0, 0.1) is 6.92 Å². The lowest BCUT2D eigenvalue weighted by Crippen LogP contribution is -2.15. The summed E-state index contributed by atoms with van der Waals surface area (Å²) in [4.78, 5) is 24.2. The standard InChI is InChI=1S/C22H23NO7S/c1-12(2)16-10-17-15(9-21(24)30-19(17)7-13(16)3)11-29-22(25)14-5-6-18(28-4)20(8-14)31(23,26)27/h5-10,12H,11H2,1-4H3,(H2,23,26,27). The summed E-state index contributed by atoms with van der Waals surface area (Å²) in [7, 11) is -2.81. The van der Waals surface area contributed by atoms with Crippen molar-refractivity contribution in [3.8, 4) is 5.75 Å². The van der Waals surface area contributed by atoms with Gasteiger partial charge in [0.15, 0.2) is 0 Å². The lowest BCUT2D eigenvalue weighted by Gasteiger charge is -2.13. The topological polar surface area (TPSA) is 126 Å². The third-order valence-corrected chi connectivity index (χ3v) is 5.84. The van der Waals surface area contributed by atoms with Crippen molar-refractivity contribution in [3.05, 3.63) is 69.1 Å². The number of esters is 1. The number of carbonyl (C=O) groups excluding carboxylic acids is 1. The molecule has 8 nitrogen and oxygen atoms in total. The maximum Gasteiger partial charge on any atom is 0.338 e. The van der Waals surface area contributed by atoms with E-state index >= 15 is 0 Å². The Morgan fingerprint density at radius 1 is 1.16 bits per heavy atom. The van der Waals surface area contributed by atoms with Crippen LogP contribution >= 0.6 is 0 Å². The van der Waals surface area contributed by atoms with Crippen LogP contribution in [0.15, 0.2) is 50.5 Å². The molecule has 0 aliphatic carbocycles. The van der Waals surface area contributed by atoms with Crippen molar-refractivity contribution >= 4 is 27.0 Å². The minimum absolute atomic E-state index is 0.0160. The Balaban J connectivity index is 1.95. The van der Waals surface area contributed by atoms with E-state index in [0.29, 0.717) is 16.5 Å². The second-order valence-electron chi connectivity index (χ2n) is 7.44. The van der Waals surface area contributed by atoms with E-state index in [2.05, 4.69) is 13.8 Å². The molecule has 0 aliphatic heterocycles. The van der Waals surface area contributed by atoms with Gasteiger partial charge in [0.2, 0.25) is 10.0 Å². The van der Waals surface area contributed by atoms with Crippen LogP contribution in [0.5, 0.6) is 5.75 Å². The van der Waals surface area contributed by atoms with Gasteiger partial charge in [-0.2, -0.15) is 0 Å². The summed E-state index contributed by atoms with van der Waals surface area (Å²) in [5.41, 5.74) is 2.39. The number of nitrogens with two attached hydrogens (primary N) is 1. The van der Waals surface area contributed by atoms with Gasteiger partial charge < -0.3 is 13.9 Å². The summed E-state index contributed by atoms with van der Waals surface area (Å²) in [6, 6.07) is 8.77. The van der Waals surface area contributed by atoms with E-state index in [-0.39, 0.29) is 28.7 Å². The Kier molecular flexibility index (Phi) is 6.19. The largest absolute Gasteiger partial charge is 0.495 e. The normalized spacial score (nSPS) is 11.7. The summed E-state index contributed by atoms with van der Waals surface area (Å²) in [6.45, 7) is 5.85. The van der Waals surface area contributed by atoms with Crippen molar-refractivity contribution < 1.29 is 27.1 Å². The fraction of sp³-hybridized carbons (Fsp3) is 0.273. The van der Waals surface area contributed by atoms with Crippen LogP contribution in [0.3, 0.4) is 0 Å². The molecule has 0 saturated carbocycles. The summed E-state index contributed by atoms with van der Waals surface area (Å²) < 4.78 is 39.2. The second kappa shape index (κ2) is 8.52. The molecule has 9 heteroatoms. The van der Waals surface area contributed by atoms with Crippen molar-refractivity contribution in [2.45, 2.75) is 38.2 Å². The molecule has 2 aromatic carbocycles. The summed E-state index contributed by atoms with van der Waals surface area (Å²) in [5, 5.41) is 5.86. The van der Waals surface area contributed by atoms with E-state index in [1.54, 1.807) is 6.07 Å². The third-order valence-electron chi connectivity index (χ3n) is 4.90. The van der Waals surface area contributed by atoms with Crippen molar-refractivity contribution in [2.75, 3.05) is 7.11 Å². The Morgan fingerprint density at radius 2 is 1.87 bits per heavy atom. The molecule has 0 atom stereocenters. The van der Waals surface area contributed by atoms with Crippen LogP contribution in [0.2, 0.25) is 0 Å². The first-order valence-corrected chi connectivity index (χ1v) is 11.0. The van der Waals surface area contributed by atoms with Crippen molar-refractivity contribution in [3.63, 3.8) is 0 Å². The summed E-state index contributed by atoms with van der Waals surface area (Å²) >= 11 is 0. The molecular weight excluding hydrogens is 422 g/mol. The third kappa shape index (κ3) is 4.78. The first kappa shape index (κ1) is 22.5. The van der Waals surface area contributed by atoms with Crippen molar-refractivity contribution in [2.24, 2.45) is 5.14 Å². The smallest absolute Gasteiger partial charge is 0.338 e. The number of hydrogen-bond acceptors (Lipinski definition) is 7. The predicted octanol–water partition coefficient (Wildman–Crippen LogP) is 3.24. The molecule has 31 heavy (non-hydrogen) atoms. The molecule has 0 aliphatic rings. The van der Waals surface area contributed by atoms with Crippen LogP contribution in [0.25, 0.3) is 11.0 Å². The number of methoxy groups -OCH3 is 1. The average molecular weight is 445 g/mol. The Bertz CT molecular complexity index is 1320. The number of hydrogen-bond donors (Lipinski definition) is 1. The molecule has 0 unspecified atom stereocenters. The van der Waals surface area contributed by atoms with Crippen LogP contribution in [0.4, 0.5) is 0 Å². The highest BCUT2D eigenvalue weighted by atomic mass is 32.2. The highest BCUT2D eigenvalue weighted by Gasteiger charge is 2.19. The van der Waals surface area contributed by atoms with E-state index in [0.717, 1.165) is 17.2 Å². The maximum atomic E-state index is 12.5. The number of rotatable bonds is 6. The first-order valence-electron chi connectivity index (χ1n) is 9.46. The molecule has 0 bridgehead atoms. The Morgan fingerprint density at radius 3 is 2.48 bits per heavy atom. The Labute approximate surface area is 179 Å². The second-order valence-corrected chi connectivity index (χ2v) is 8.97. The highest BCUT2D eigenvalue weighted by Crippen LogP contribution is 2.28. The molecule has 1 aromatic heterocycles. The minimum Gasteiger partial charge on any atom is -0.495 e. The quantitative estimate of drug-likeness (QED) is 0.456. The SMILES string of the molecule is COc1ccc(C(=O)OCc2cc(=O)oc3cc(C)c(C(C)C)cc23)cc1S(N)(=O)=O. The zero-order valence-electron chi connectivity index (χ0n) is 17.6. The van der Waals surface area contributed by atoms with E-state index in [4.69, 9.17) is 19.0 Å². The first-order chi connectivity index (χ1) is 14.5. The zero-order valence-corrected chi connectivity index (χ0v) is 18.4. The molecule has 0 spiro atoms. The highest BCUT2D eigenvalue weighted by molar-refractivity contribution is 7.89. The molecule has 2 N–H and O–H groups in total. The number of primary sulfonamides is 1. The monoisotopic (exact) mass is 445 g/mol. The van der Waals surface area contributed by atoms with Gasteiger partial charge in [0.1, 0.15) is 22.8 Å². The predicted molar refractivity (Wildman–Crippen MR) is 115 cm³/mol. The maximum absolute atomic E-state index is 12.5. The summed E-state index contributed by atoms with van der Waals surface area (Å²) in [5.74, 6) is -0.505. The van der Waals surface area contributed by atoms with Gasteiger partial charge in [-0.15, -0.1) is 0 Å². The molecule has 1 heterocycles. The number of aryl methyl sites for hydroxylation is 1. The van der Waals surface area contributed by atoms with Gasteiger partial charge >= 0.3 is 11.6 Å². The van der Waals surface area contributed by atoms with Crippen molar-refractivity contribution in [1.29, 1.82) is 0 Å². The lowest BCUT2D eigenvalue weighted by molar-refractivity contribution is 0.0473. The van der Waals surface area contributed by atoms with Crippen LogP contribution in [-0.4, -0.2) is 21.5 Å². The van der Waals surface area contributed by atoms with Gasteiger partial charge in [-0.3, -0.25) is 0 Å². The number of ether oxygens (including phenoxy) is 2. The van der Waals surface area contributed by atoms with E-state index < -0.39 is 21.6 Å². The molecule has 0 saturated heterocycles. The molecule has 3 rings (SSSR count). The van der Waals surface area contributed by atoms with Gasteiger partial charge in [-0.25, -0.2) is 23.1 Å². The molecule has 3 aromatic rings. The number of benzene rings is 2. The fourth-order valence-electron chi connectivity index (χ4n) is 3.39. The number of sulfonamides is 1. The number of carbonyl (C=O) groups is 1. The van der Waals surface area contributed by atoms with Crippen molar-refractivity contribution in [1.82, 2.24) is 0 Å². The molecule has 0 radical (unpaired) electrons. The van der Waals surface area contributed by atoms with E-state index in [1.807, 2.05) is 13.0 Å². The lowest BCUT2D eigenvalue weighted by atomic mass is 9.95. The van der Waals surface area contributed by atoms with Gasteiger partial charge in [0.25, 0.3) is 0 Å². The molecular formula is C22H23NO7S. The van der Waals surface area contributed by atoms with Gasteiger partial charge in [0.05, 0.1) is 12.7 Å². The Hall–Kier alpha value is -3.17. The zero-order chi connectivity index (χ0) is 22.9. The van der Waals surface area contributed by atoms with Crippen LogP contribution in [-0.2, 0) is 21.4 Å². The van der Waals surface area contributed by atoms with Crippen LogP contribution < -0.4 is 15.5 Å². The number of fused-ring (bicyclic) bond motifs is 1. The van der Waals surface area contributed by atoms with Crippen LogP contribution in [0.1, 0.15) is 46.8 Å². The van der Waals surface area contributed by atoms with Gasteiger partial charge in [-0.05, 0) is 54.3 Å². The average Bonchev–Trinajstić information content (AvgIpc) is 2.69. The van der Waals surface area contributed by atoms with E-state index in [1.165, 1.54) is 25.3 Å². The minimum atomic E-state index is -4.11. The molecule has 164 valence electrons. The summed E-state index contributed by atoms with van der Waals surface area (Å²) in [6.07, 6.45) is 0. The van der Waals surface area contributed by atoms with Gasteiger partial charge in [0, 0.05) is 17.0 Å². The van der Waals surface area contributed by atoms with Gasteiger partial charge in [-0.1, -0.05) is 13.8 Å². The molecule has 0 amide bonds. The van der Waals surface area contributed by atoms with E-state index in [9.17, 15) is 18.0 Å².